The van der Waals surface area contributed by atoms with Gasteiger partial charge in [0.05, 0.1) is 24.2 Å². The summed E-state index contributed by atoms with van der Waals surface area (Å²) < 4.78 is 7.27. The molecule has 2 aromatic rings. The minimum absolute atomic E-state index is 0. The molecular weight excluding hydrogens is 250 g/mol. The van der Waals surface area contributed by atoms with Crippen molar-refractivity contribution in [2.24, 2.45) is 5.92 Å². The summed E-state index contributed by atoms with van der Waals surface area (Å²) in [5, 5.41) is 7.81. The van der Waals surface area contributed by atoms with Crippen LogP contribution in [0.2, 0.25) is 0 Å². The average Bonchev–Trinajstić information content (AvgIpc) is 2.84. The van der Waals surface area contributed by atoms with Crippen molar-refractivity contribution in [3.63, 3.8) is 0 Å². The molecule has 0 aliphatic heterocycles. The Balaban J connectivity index is 0.00000162. The molecule has 0 aromatic carbocycles. The smallest absolute Gasteiger partial charge is 0.122 e. The standard InChI is InChI=1S/C13H19N3O.ClH/c1-10(2)8-16-9-13(11(3)15-16)14-7-12-5-4-6-17-12;/h4-6,9-10,14H,7-8H2,1-3H3;1H. The molecule has 100 valence electrons. The lowest BCUT2D eigenvalue weighted by molar-refractivity contribution is 0.481. The minimum atomic E-state index is 0. The van der Waals surface area contributed by atoms with Crippen molar-refractivity contribution in [2.45, 2.75) is 33.9 Å². The maximum atomic E-state index is 5.28. The second kappa shape index (κ2) is 6.50. The fraction of sp³-hybridized carbons (Fsp3) is 0.462. The van der Waals surface area contributed by atoms with Crippen molar-refractivity contribution < 1.29 is 4.42 Å². The first kappa shape index (κ1) is 14.6. The van der Waals surface area contributed by atoms with Crippen LogP contribution in [0.1, 0.15) is 25.3 Å². The van der Waals surface area contributed by atoms with E-state index in [-0.39, 0.29) is 12.4 Å². The molecule has 4 nitrogen and oxygen atoms in total. The molecule has 5 heteroatoms. The molecule has 1 N–H and O–H groups in total. The van der Waals surface area contributed by atoms with Gasteiger partial charge in [0.15, 0.2) is 0 Å². The molecule has 2 heterocycles. The third kappa shape index (κ3) is 3.81. The Morgan fingerprint density at radius 1 is 1.44 bits per heavy atom. The predicted molar refractivity (Wildman–Crippen MR) is 75.1 cm³/mol. The molecule has 0 saturated heterocycles. The lowest BCUT2D eigenvalue weighted by Crippen LogP contribution is -2.04. The SMILES string of the molecule is Cc1nn(CC(C)C)cc1NCc1ccco1.Cl. The first-order chi connectivity index (χ1) is 8.15. The summed E-state index contributed by atoms with van der Waals surface area (Å²) in [5.41, 5.74) is 2.10. The third-order valence-corrected chi connectivity index (χ3v) is 2.53. The number of hydrogen-bond acceptors (Lipinski definition) is 3. The first-order valence-electron chi connectivity index (χ1n) is 5.95. The number of nitrogens with zero attached hydrogens (tertiary/aromatic N) is 2. The highest BCUT2D eigenvalue weighted by Gasteiger charge is 2.06. The number of anilines is 1. The summed E-state index contributed by atoms with van der Waals surface area (Å²) in [6, 6.07) is 3.85. The molecular formula is C13H20ClN3O. The molecule has 0 bridgehead atoms. The fourth-order valence-corrected chi connectivity index (χ4v) is 1.75. The molecule has 0 aliphatic carbocycles. The lowest BCUT2D eigenvalue weighted by Gasteiger charge is -2.03. The van der Waals surface area contributed by atoms with Crippen LogP contribution in [0.4, 0.5) is 5.69 Å². The van der Waals surface area contributed by atoms with Crippen LogP contribution in [0.3, 0.4) is 0 Å². The number of nitrogens with one attached hydrogen (secondary N) is 1. The van der Waals surface area contributed by atoms with Gasteiger partial charge < -0.3 is 9.73 Å². The Kier molecular flexibility index (Phi) is 5.28. The number of hydrogen-bond donors (Lipinski definition) is 1. The highest BCUT2D eigenvalue weighted by Crippen LogP contribution is 2.15. The van der Waals surface area contributed by atoms with Gasteiger partial charge in [0.25, 0.3) is 0 Å². The van der Waals surface area contributed by atoms with E-state index in [1.54, 1.807) is 6.26 Å². The highest BCUT2D eigenvalue weighted by atomic mass is 35.5. The molecule has 0 saturated carbocycles. The second-order valence-corrected chi connectivity index (χ2v) is 4.68. The van der Waals surface area contributed by atoms with Gasteiger partial charge in [-0.25, -0.2) is 0 Å². The number of furan rings is 1. The molecule has 0 spiro atoms. The summed E-state index contributed by atoms with van der Waals surface area (Å²) in [6.45, 7) is 8.03. The molecule has 0 fully saturated rings. The van der Waals surface area contributed by atoms with Gasteiger partial charge in [-0.15, -0.1) is 12.4 Å². The number of rotatable bonds is 5. The van der Waals surface area contributed by atoms with E-state index in [0.29, 0.717) is 12.5 Å². The van der Waals surface area contributed by atoms with Crippen LogP contribution < -0.4 is 5.32 Å². The summed E-state index contributed by atoms with van der Waals surface area (Å²) in [5.74, 6) is 1.54. The molecule has 2 rings (SSSR count). The van der Waals surface area contributed by atoms with Gasteiger partial charge in [-0.05, 0) is 25.0 Å². The van der Waals surface area contributed by atoms with E-state index in [4.69, 9.17) is 4.42 Å². The van der Waals surface area contributed by atoms with Crippen LogP contribution in [-0.2, 0) is 13.1 Å². The zero-order valence-corrected chi connectivity index (χ0v) is 11.8. The van der Waals surface area contributed by atoms with Crippen LogP contribution in [0.15, 0.2) is 29.0 Å². The van der Waals surface area contributed by atoms with Crippen molar-refractivity contribution >= 4 is 18.1 Å². The maximum absolute atomic E-state index is 5.28. The maximum Gasteiger partial charge on any atom is 0.122 e. The Labute approximate surface area is 114 Å². The van der Waals surface area contributed by atoms with E-state index < -0.39 is 0 Å². The largest absolute Gasteiger partial charge is 0.467 e. The van der Waals surface area contributed by atoms with E-state index in [1.165, 1.54) is 0 Å². The fourth-order valence-electron chi connectivity index (χ4n) is 1.75. The monoisotopic (exact) mass is 269 g/mol. The highest BCUT2D eigenvalue weighted by molar-refractivity contribution is 5.85. The molecule has 0 radical (unpaired) electrons. The first-order valence-corrected chi connectivity index (χ1v) is 5.95. The number of aryl methyl sites for hydroxylation is 1. The van der Waals surface area contributed by atoms with Crippen molar-refractivity contribution in [1.29, 1.82) is 0 Å². The van der Waals surface area contributed by atoms with Crippen molar-refractivity contribution in [3.8, 4) is 0 Å². The minimum Gasteiger partial charge on any atom is -0.467 e. The van der Waals surface area contributed by atoms with E-state index in [1.807, 2.05) is 23.7 Å². The summed E-state index contributed by atoms with van der Waals surface area (Å²) in [4.78, 5) is 0. The van der Waals surface area contributed by atoms with Crippen molar-refractivity contribution in [2.75, 3.05) is 5.32 Å². The van der Waals surface area contributed by atoms with Crippen molar-refractivity contribution in [1.82, 2.24) is 9.78 Å². The van der Waals surface area contributed by atoms with E-state index in [9.17, 15) is 0 Å². The van der Waals surface area contributed by atoms with Crippen LogP contribution in [-0.4, -0.2) is 9.78 Å². The van der Waals surface area contributed by atoms with Gasteiger partial charge in [0.1, 0.15) is 5.76 Å². The predicted octanol–water partition coefficient (Wildman–Crippen LogP) is 3.47. The van der Waals surface area contributed by atoms with Gasteiger partial charge in [-0.3, -0.25) is 4.68 Å². The van der Waals surface area contributed by atoms with E-state index >= 15 is 0 Å². The Morgan fingerprint density at radius 2 is 2.22 bits per heavy atom. The van der Waals surface area contributed by atoms with Gasteiger partial charge in [0.2, 0.25) is 0 Å². The van der Waals surface area contributed by atoms with Gasteiger partial charge in [0, 0.05) is 12.7 Å². The lowest BCUT2D eigenvalue weighted by atomic mass is 10.2. The van der Waals surface area contributed by atoms with E-state index in [2.05, 4.69) is 30.5 Å². The quantitative estimate of drug-likeness (QED) is 0.904. The van der Waals surface area contributed by atoms with Crippen LogP contribution in [0.25, 0.3) is 0 Å². The summed E-state index contributed by atoms with van der Waals surface area (Å²) in [6.07, 6.45) is 3.74. The van der Waals surface area contributed by atoms with Crippen LogP contribution in [0.5, 0.6) is 0 Å². The van der Waals surface area contributed by atoms with Gasteiger partial charge >= 0.3 is 0 Å². The number of aromatic nitrogens is 2. The van der Waals surface area contributed by atoms with Gasteiger partial charge in [-0.1, -0.05) is 13.8 Å². The average molecular weight is 270 g/mol. The molecule has 0 amide bonds. The van der Waals surface area contributed by atoms with E-state index in [0.717, 1.165) is 23.7 Å². The third-order valence-electron chi connectivity index (χ3n) is 2.53. The van der Waals surface area contributed by atoms with Crippen molar-refractivity contribution in [3.05, 3.63) is 36.0 Å². The van der Waals surface area contributed by atoms with Crippen LogP contribution in [0, 0.1) is 12.8 Å². The molecule has 18 heavy (non-hydrogen) atoms. The molecule has 0 atom stereocenters. The molecule has 2 aromatic heterocycles. The van der Waals surface area contributed by atoms with Gasteiger partial charge in [-0.2, -0.15) is 5.10 Å². The Morgan fingerprint density at radius 3 is 2.83 bits per heavy atom. The summed E-state index contributed by atoms with van der Waals surface area (Å²) in [7, 11) is 0. The molecule has 0 unspecified atom stereocenters. The number of halogens is 1. The van der Waals surface area contributed by atoms with Crippen LogP contribution >= 0.6 is 12.4 Å². The normalized spacial score (nSPS) is 10.4. The summed E-state index contributed by atoms with van der Waals surface area (Å²) >= 11 is 0. The Bertz CT molecular complexity index is 463. The Hall–Kier alpha value is -1.42. The zero-order valence-electron chi connectivity index (χ0n) is 11.0. The zero-order chi connectivity index (χ0) is 12.3. The topological polar surface area (TPSA) is 43.0 Å². The molecule has 0 aliphatic rings. The second-order valence-electron chi connectivity index (χ2n) is 4.68.